The smallest absolute Gasteiger partial charge is 0.228 e. The zero-order valence-electron chi connectivity index (χ0n) is 8.78. The van der Waals surface area contributed by atoms with Gasteiger partial charge in [0.25, 0.3) is 0 Å². The van der Waals surface area contributed by atoms with E-state index >= 15 is 0 Å². The molecule has 3 N–H and O–H groups in total. The van der Waals surface area contributed by atoms with Crippen LogP contribution in [-0.4, -0.2) is 16.7 Å². The number of aromatic nitrogens is 2. The maximum atomic E-state index is 13.0. The van der Waals surface area contributed by atoms with E-state index in [1.54, 1.807) is 0 Å². The van der Waals surface area contributed by atoms with E-state index in [0.717, 1.165) is 0 Å². The number of nitrogens with two attached hydrogens (primary N) is 1. The van der Waals surface area contributed by atoms with Gasteiger partial charge in [0.2, 0.25) is 5.89 Å². The quantitative estimate of drug-likeness (QED) is 0.819. The summed E-state index contributed by atoms with van der Waals surface area (Å²) < 4.78 is 17.9. The number of hydrogen-bond acceptors (Lipinski definition) is 5. The molecule has 0 amide bonds. The lowest BCUT2D eigenvalue weighted by Crippen LogP contribution is -2.07. The molecule has 5 nitrogen and oxygen atoms in total. The Morgan fingerprint density at radius 3 is 3.00 bits per heavy atom. The SMILES string of the molecule is Nc1cc(F)c(Cl)cc1NCCc1ncno1. The number of nitrogens with one attached hydrogen (secondary N) is 1. The van der Waals surface area contributed by atoms with E-state index in [1.807, 2.05) is 0 Å². The summed E-state index contributed by atoms with van der Waals surface area (Å²) in [4.78, 5) is 3.87. The molecule has 0 saturated heterocycles. The molecule has 0 unspecified atom stereocenters. The highest BCUT2D eigenvalue weighted by Gasteiger charge is 2.06. The Hall–Kier alpha value is -1.82. The van der Waals surface area contributed by atoms with Crippen molar-refractivity contribution in [2.45, 2.75) is 6.42 Å². The van der Waals surface area contributed by atoms with Crippen molar-refractivity contribution in [3.8, 4) is 0 Å². The summed E-state index contributed by atoms with van der Waals surface area (Å²) in [5, 5.41) is 6.52. The first kappa shape index (κ1) is 11.7. The molecule has 0 spiro atoms. The van der Waals surface area contributed by atoms with E-state index in [9.17, 15) is 4.39 Å². The Labute approximate surface area is 102 Å². The third-order valence-electron chi connectivity index (χ3n) is 2.15. The van der Waals surface area contributed by atoms with Gasteiger partial charge in [-0.2, -0.15) is 4.98 Å². The molecular formula is C10H10ClFN4O. The first-order valence-electron chi connectivity index (χ1n) is 4.91. The largest absolute Gasteiger partial charge is 0.397 e. The Balaban J connectivity index is 1.97. The lowest BCUT2D eigenvalue weighted by Gasteiger charge is -2.09. The minimum absolute atomic E-state index is 0.0273. The number of anilines is 2. The van der Waals surface area contributed by atoms with Crippen LogP contribution in [0.2, 0.25) is 5.02 Å². The first-order valence-corrected chi connectivity index (χ1v) is 5.28. The standard InChI is InChI=1S/C10H10ClFN4O/c11-6-3-9(8(13)4-7(6)12)14-2-1-10-15-5-16-17-10/h3-5,14H,1-2,13H2. The van der Waals surface area contributed by atoms with Crippen LogP contribution in [0.25, 0.3) is 0 Å². The second-order valence-electron chi connectivity index (χ2n) is 3.37. The van der Waals surface area contributed by atoms with Crippen LogP contribution in [0.4, 0.5) is 15.8 Å². The zero-order valence-corrected chi connectivity index (χ0v) is 9.54. The van der Waals surface area contributed by atoms with Gasteiger partial charge in [0.1, 0.15) is 5.82 Å². The first-order chi connectivity index (χ1) is 8.16. The third kappa shape index (κ3) is 2.85. The highest BCUT2D eigenvalue weighted by atomic mass is 35.5. The van der Waals surface area contributed by atoms with Crippen molar-refractivity contribution < 1.29 is 8.91 Å². The van der Waals surface area contributed by atoms with Crippen LogP contribution in [0.1, 0.15) is 5.89 Å². The maximum absolute atomic E-state index is 13.0. The average molecular weight is 257 g/mol. The molecule has 0 bridgehead atoms. The molecule has 0 saturated carbocycles. The predicted octanol–water partition coefficient (Wildman–Crippen LogP) is 2.10. The molecule has 7 heteroatoms. The second kappa shape index (κ2) is 5.01. The highest BCUT2D eigenvalue weighted by Crippen LogP contribution is 2.26. The van der Waals surface area contributed by atoms with E-state index < -0.39 is 5.82 Å². The van der Waals surface area contributed by atoms with Crippen LogP contribution in [0.3, 0.4) is 0 Å². The van der Waals surface area contributed by atoms with Gasteiger partial charge in [-0.1, -0.05) is 16.8 Å². The average Bonchev–Trinajstić information content (AvgIpc) is 2.78. The van der Waals surface area contributed by atoms with Gasteiger partial charge < -0.3 is 15.6 Å². The number of hydrogen-bond donors (Lipinski definition) is 2. The Morgan fingerprint density at radius 2 is 2.29 bits per heavy atom. The highest BCUT2D eigenvalue weighted by molar-refractivity contribution is 6.31. The lowest BCUT2D eigenvalue weighted by molar-refractivity contribution is 0.380. The molecule has 90 valence electrons. The Bertz CT molecular complexity index is 503. The van der Waals surface area contributed by atoms with Crippen molar-refractivity contribution >= 4 is 23.0 Å². The Kier molecular flexibility index (Phi) is 3.43. The van der Waals surface area contributed by atoms with Gasteiger partial charge >= 0.3 is 0 Å². The van der Waals surface area contributed by atoms with Crippen LogP contribution < -0.4 is 11.1 Å². The molecule has 0 aliphatic carbocycles. The number of halogens is 2. The van der Waals surface area contributed by atoms with Gasteiger partial charge in [-0.05, 0) is 6.07 Å². The molecule has 0 aliphatic heterocycles. The van der Waals surface area contributed by atoms with Crippen LogP contribution in [0, 0.1) is 5.82 Å². The van der Waals surface area contributed by atoms with Crippen molar-refractivity contribution in [2.75, 3.05) is 17.6 Å². The lowest BCUT2D eigenvalue weighted by atomic mass is 10.2. The van der Waals surface area contributed by atoms with Gasteiger partial charge in [-0.25, -0.2) is 4.39 Å². The summed E-state index contributed by atoms with van der Waals surface area (Å²) in [5.74, 6) is -0.0177. The minimum atomic E-state index is -0.536. The van der Waals surface area contributed by atoms with Crippen molar-refractivity contribution in [3.05, 3.63) is 35.2 Å². The van der Waals surface area contributed by atoms with Gasteiger partial charge in [0.05, 0.1) is 16.4 Å². The molecule has 1 aromatic carbocycles. The fourth-order valence-corrected chi connectivity index (χ4v) is 1.49. The predicted molar refractivity (Wildman–Crippen MR) is 62.3 cm³/mol. The monoisotopic (exact) mass is 256 g/mol. The summed E-state index contributed by atoms with van der Waals surface area (Å²) in [6.07, 6.45) is 1.88. The normalized spacial score (nSPS) is 10.5. The zero-order chi connectivity index (χ0) is 12.3. The van der Waals surface area contributed by atoms with Crippen LogP contribution >= 0.6 is 11.6 Å². The summed E-state index contributed by atoms with van der Waals surface area (Å²) >= 11 is 5.65. The second-order valence-corrected chi connectivity index (χ2v) is 3.77. The molecule has 1 aromatic heterocycles. The number of benzene rings is 1. The van der Waals surface area contributed by atoms with Gasteiger partial charge in [-0.15, -0.1) is 0 Å². The van der Waals surface area contributed by atoms with E-state index in [0.29, 0.717) is 30.2 Å². The molecule has 0 atom stereocenters. The summed E-state index contributed by atoms with van der Waals surface area (Å²) in [5.41, 5.74) is 6.52. The van der Waals surface area contributed by atoms with Gasteiger partial charge in [0, 0.05) is 19.0 Å². The third-order valence-corrected chi connectivity index (χ3v) is 2.44. The number of rotatable bonds is 4. The van der Waals surface area contributed by atoms with E-state index in [4.69, 9.17) is 21.9 Å². The molecule has 2 aromatic rings. The van der Waals surface area contributed by atoms with Crippen molar-refractivity contribution in [1.29, 1.82) is 0 Å². The topological polar surface area (TPSA) is 77.0 Å². The molecule has 17 heavy (non-hydrogen) atoms. The summed E-state index contributed by atoms with van der Waals surface area (Å²) in [6.45, 7) is 0.536. The summed E-state index contributed by atoms with van der Waals surface area (Å²) in [7, 11) is 0. The fourth-order valence-electron chi connectivity index (χ4n) is 1.33. The van der Waals surface area contributed by atoms with E-state index in [1.165, 1.54) is 18.5 Å². The minimum Gasteiger partial charge on any atom is -0.397 e. The van der Waals surface area contributed by atoms with Crippen molar-refractivity contribution in [3.63, 3.8) is 0 Å². The molecule has 2 rings (SSSR count). The van der Waals surface area contributed by atoms with Gasteiger partial charge in [0.15, 0.2) is 6.33 Å². The molecule has 1 heterocycles. The molecule has 0 radical (unpaired) electrons. The van der Waals surface area contributed by atoms with E-state index in [2.05, 4.69) is 15.5 Å². The van der Waals surface area contributed by atoms with Crippen LogP contribution in [0.15, 0.2) is 23.0 Å². The fraction of sp³-hybridized carbons (Fsp3) is 0.200. The van der Waals surface area contributed by atoms with Crippen LogP contribution in [-0.2, 0) is 6.42 Å². The Morgan fingerprint density at radius 1 is 1.47 bits per heavy atom. The number of nitrogens with zero attached hydrogens (tertiary/aromatic N) is 2. The van der Waals surface area contributed by atoms with Crippen LogP contribution in [0.5, 0.6) is 0 Å². The molecular weight excluding hydrogens is 247 g/mol. The molecule has 0 aliphatic rings. The summed E-state index contributed by atoms with van der Waals surface area (Å²) in [6, 6.07) is 2.62. The van der Waals surface area contributed by atoms with E-state index in [-0.39, 0.29) is 5.02 Å². The van der Waals surface area contributed by atoms with Gasteiger partial charge in [-0.3, -0.25) is 0 Å². The van der Waals surface area contributed by atoms with Crippen molar-refractivity contribution in [2.24, 2.45) is 0 Å². The number of nitrogen functional groups attached to an aromatic ring is 1. The van der Waals surface area contributed by atoms with Crippen molar-refractivity contribution in [1.82, 2.24) is 10.1 Å². The maximum Gasteiger partial charge on any atom is 0.228 e. The molecule has 0 fully saturated rings.